The number of hydrogen-bond acceptors (Lipinski definition) is 6. The number of hydrogen-bond donors (Lipinski definition) is 1. The van der Waals surface area contributed by atoms with Crippen LogP contribution < -0.4 is 5.32 Å². The van der Waals surface area contributed by atoms with Gasteiger partial charge in [-0.2, -0.15) is 0 Å². The van der Waals surface area contributed by atoms with Crippen LogP contribution in [-0.4, -0.2) is 56.8 Å². The maximum absolute atomic E-state index is 6.06. The monoisotopic (exact) mass is 328 g/mol. The Kier molecular flexibility index (Phi) is 4.44. The molecule has 4 heterocycles. The minimum atomic E-state index is 0.225. The fraction of sp³-hybridized carbons (Fsp3) is 0.588. The highest BCUT2D eigenvalue weighted by Gasteiger charge is 2.40. The third-order valence-electron chi connectivity index (χ3n) is 5.21. The van der Waals surface area contributed by atoms with Crippen LogP contribution >= 0.6 is 0 Å². The van der Waals surface area contributed by atoms with Crippen LogP contribution in [0.1, 0.15) is 12.2 Å². The molecule has 24 heavy (non-hydrogen) atoms. The predicted octanol–water partition coefficient (Wildman–Crippen LogP) is 1.16. The van der Waals surface area contributed by atoms with Gasteiger partial charge in [0.2, 0.25) is 5.95 Å². The van der Waals surface area contributed by atoms with Gasteiger partial charge in [-0.3, -0.25) is 4.90 Å². The van der Waals surface area contributed by atoms with Gasteiger partial charge in [-0.05, 0) is 24.9 Å². The summed E-state index contributed by atoms with van der Waals surface area (Å²) < 4.78 is 8.16. The van der Waals surface area contributed by atoms with Gasteiger partial charge >= 0.3 is 0 Å². The van der Waals surface area contributed by atoms with Crippen molar-refractivity contribution in [3.8, 4) is 0 Å². The Bertz CT molecular complexity index is 660. The van der Waals surface area contributed by atoms with E-state index in [0.29, 0.717) is 17.8 Å². The Morgan fingerprint density at radius 3 is 2.92 bits per heavy atom. The van der Waals surface area contributed by atoms with E-state index in [9.17, 15) is 0 Å². The summed E-state index contributed by atoms with van der Waals surface area (Å²) in [6, 6.07) is 1.82. The number of rotatable bonds is 5. The molecule has 2 aromatic rings. The largest absolute Gasteiger partial charge is 0.376 e. The molecule has 3 atom stereocenters. The Morgan fingerprint density at radius 2 is 2.12 bits per heavy atom. The number of aryl methyl sites for hydroxylation is 1. The molecule has 2 aromatic heterocycles. The lowest BCUT2D eigenvalue weighted by Crippen LogP contribution is -2.43. The van der Waals surface area contributed by atoms with E-state index >= 15 is 0 Å². The minimum Gasteiger partial charge on any atom is -0.376 e. The quantitative estimate of drug-likeness (QED) is 0.888. The number of nitrogens with zero attached hydrogens (tertiary/aromatic N) is 5. The van der Waals surface area contributed by atoms with Gasteiger partial charge in [0.15, 0.2) is 0 Å². The third kappa shape index (κ3) is 3.27. The molecule has 0 unspecified atom stereocenters. The zero-order valence-corrected chi connectivity index (χ0v) is 14.0. The summed E-state index contributed by atoms with van der Waals surface area (Å²) in [5.41, 5.74) is 0. The zero-order valence-electron chi connectivity index (χ0n) is 14.0. The molecule has 0 aliphatic carbocycles. The predicted molar refractivity (Wildman–Crippen MR) is 90.3 cm³/mol. The highest BCUT2D eigenvalue weighted by Crippen LogP contribution is 2.34. The van der Waals surface area contributed by atoms with Crippen LogP contribution in [0, 0.1) is 11.8 Å². The van der Waals surface area contributed by atoms with E-state index in [1.165, 1.54) is 6.42 Å². The maximum atomic E-state index is 6.06. The number of nitrogens with one attached hydrogen (secondary N) is 1. The lowest BCUT2D eigenvalue weighted by Gasteiger charge is -2.35. The van der Waals surface area contributed by atoms with Crippen molar-refractivity contribution < 1.29 is 4.74 Å². The Balaban J connectivity index is 1.35. The van der Waals surface area contributed by atoms with Crippen LogP contribution in [-0.2, 0) is 18.3 Å². The molecule has 7 nitrogen and oxygen atoms in total. The number of ether oxygens (including phenoxy) is 1. The molecule has 2 saturated heterocycles. The average molecular weight is 328 g/mol. The lowest BCUT2D eigenvalue weighted by molar-refractivity contribution is 0.0821. The van der Waals surface area contributed by atoms with Crippen molar-refractivity contribution in [2.75, 3.05) is 31.6 Å². The fourth-order valence-electron chi connectivity index (χ4n) is 3.78. The molecule has 0 saturated carbocycles. The van der Waals surface area contributed by atoms with Crippen LogP contribution in [0.2, 0.25) is 0 Å². The normalized spacial score (nSPS) is 27.1. The molecule has 2 aliphatic rings. The molecule has 7 heteroatoms. The highest BCUT2D eigenvalue weighted by molar-refractivity contribution is 5.22. The molecule has 128 valence electrons. The highest BCUT2D eigenvalue weighted by atomic mass is 16.5. The molecule has 0 radical (unpaired) electrons. The standard InChI is InChI=1S/C17H24N6O/c1-22-8-6-18-16(22)11-23-7-3-13-12-24-15(14(13)10-23)9-21-17-19-4-2-5-20-17/h2,4-6,8,13-15H,3,7,9-12H2,1H3,(H,19,20,21)/t13-,14-,15+/m0/s1. The molecule has 1 N–H and O–H groups in total. The van der Waals surface area contributed by atoms with Crippen LogP contribution in [0.3, 0.4) is 0 Å². The van der Waals surface area contributed by atoms with E-state index in [4.69, 9.17) is 4.74 Å². The first-order chi connectivity index (χ1) is 11.8. The molecule has 2 fully saturated rings. The Morgan fingerprint density at radius 1 is 1.25 bits per heavy atom. The second kappa shape index (κ2) is 6.86. The van der Waals surface area contributed by atoms with Gasteiger partial charge in [0.05, 0.1) is 19.3 Å². The van der Waals surface area contributed by atoms with Gasteiger partial charge < -0.3 is 14.6 Å². The summed E-state index contributed by atoms with van der Waals surface area (Å²) >= 11 is 0. The molecule has 0 spiro atoms. The van der Waals surface area contributed by atoms with Gasteiger partial charge in [-0.15, -0.1) is 0 Å². The van der Waals surface area contributed by atoms with Crippen molar-refractivity contribution >= 4 is 5.95 Å². The lowest BCUT2D eigenvalue weighted by atomic mass is 9.84. The number of likely N-dealkylation sites (tertiary alicyclic amines) is 1. The molecule has 0 aromatic carbocycles. The topological polar surface area (TPSA) is 68.1 Å². The van der Waals surface area contributed by atoms with E-state index in [2.05, 4.69) is 36.8 Å². The summed E-state index contributed by atoms with van der Waals surface area (Å²) in [5.74, 6) is 3.03. The molecular formula is C17H24N6O. The van der Waals surface area contributed by atoms with Crippen molar-refractivity contribution in [3.63, 3.8) is 0 Å². The summed E-state index contributed by atoms with van der Waals surface area (Å²) in [7, 11) is 2.06. The molecule has 4 rings (SSSR count). The van der Waals surface area contributed by atoms with Crippen LogP contribution in [0.15, 0.2) is 30.9 Å². The maximum Gasteiger partial charge on any atom is 0.222 e. The first-order valence-electron chi connectivity index (χ1n) is 8.60. The van der Waals surface area contributed by atoms with E-state index in [1.54, 1.807) is 12.4 Å². The van der Waals surface area contributed by atoms with E-state index in [1.807, 2.05) is 18.5 Å². The zero-order chi connectivity index (χ0) is 16.4. The third-order valence-corrected chi connectivity index (χ3v) is 5.21. The van der Waals surface area contributed by atoms with Gasteiger partial charge in [-0.1, -0.05) is 0 Å². The van der Waals surface area contributed by atoms with Gasteiger partial charge in [0, 0.05) is 50.8 Å². The van der Waals surface area contributed by atoms with Crippen molar-refractivity contribution in [2.24, 2.45) is 18.9 Å². The Hall–Kier alpha value is -1.99. The molecule has 0 amide bonds. The number of aromatic nitrogens is 4. The van der Waals surface area contributed by atoms with E-state index < -0.39 is 0 Å². The average Bonchev–Trinajstić information content (AvgIpc) is 3.20. The van der Waals surface area contributed by atoms with E-state index in [0.717, 1.165) is 38.6 Å². The first-order valence-corrected chi connectivity index (χ1v) is 8.60. The van der Waals surface area contributed by atoms with E-state index in [-0.39, 0.29) is 6.10 Å². The van der Waals surface area contributed by atoms with Crippen molar-refractivity contribution in [1.82, 2.24) is 24.4 Å². The van der Waals surface area contributed by atoms with Crippen molar-refractivity contribution in [1.29, 1.82) is 0 Å². The SMILES string of the molecule is Cn1ccnc1CN1CC[C@H]2CO[C@H](CNc3ncccn3)[C@H]2C1. The Labute approximate surface area is 142 Å². The van der Waals surface area contributed by atoms with Crippen molar-refractivity contribution in [2.45, 2.75) is 19.1 Å². The van der Waals surface area contributed by atoms with Crippen LogP contribution in [0.25, 0.3) is 0 Å². The number of imidazole rings is 1. The van der Waals surface area contributed by atoms with Crippen molar-refractivity contribution in [3.05, 3.63) is 36.7 Å². The summed E-state index contributed by atoms with van der Waals surface area (Å²) in [5, 5.41) is 3.31. The molecular weight excluding hydrogens is 304 g/mol. The van der Waals surface area contributed by atoms with Gasteiger partial charge in [0.1, 0.15) is 5.82 Å². The fourth-order valence-corrected chi connectivity index (χ4v) is 3.78. The summed E-state index contributed by atoms with van der Waals surface area (Å²) in [4.78, 5) is 15.4. The number of anilines is 1. The smallest absolute Gasteiger partial charge is 0.222 e. The first kappa shape index (κ1) is 15.5. The second-order valence-electron chi connectivity index (χ2n) is 6.73. The molecule has 0 bridgehead atoms. The van der Waals surface area contributed by atoms with Gasteiger partial charge in [0.25, 0.3) is 0 Å². The second-order valence-corrected chi connectivity index (χ2v) is 6.73. The summed E-state index contributed by atoms with van der Waals surface area (Å²) in [6.45, 7) is 4.75. The minimum absolute atomic E-state index is 0.225. The van der Waals surface area contributed by atoms with Crippen LogP contribution in [0.5, 0.6) is 0 Å². The number of fused-ring (bicyclic) bond motifs is 1. The summed E-state index contributed by atoms with van der Waals surface area (Å²) in [6.07, 6.45) is 8.81. The molecule has 2 aliphatic heterocycles. The number of piperidine rings is 1. The van der Waals surface area contributed by atoms with Crippen LogP contribution in [0.4, 0.5) is 5.95 Å². The van der Waals surface area contributed by atoms with Gasteiger partial charge in [-0.25, -0.2) is 15.0 Å².